The van der Waals surface area contributed by atoms with Crippen LogP contribution in [0.15, 0.2) is 42.7 Å². The van der Waals surface area contributed by atoms with E-state index in [1.807, 2.05) is 37.3 Å². The summed E-state index contributed by atoms with van der Waals surface area (Å²) in [7, 11) is 0. The summed E-state index contributed by atoms with van der Waals surface area (Å²) in [5.41, 5.74) is 2.64. The minimum atomic E-state index is -0.952. The Morgan fingerprint density at radius 2 is 2.15 bits per heavy atom. The van der Waals surface area contributed by atoms with E-state index in [0.717, 1.165) is 16.6 Å². The van der Waals surface area contributed by atoms with Crippen molar-refractivity contribution in [3.63, 3.8) is 0 Å². The Bertz CT molecular complexity index is 787. The molecule has 5 nitrogen and oxygen atoms in total. The predicted molar refractivity (Wildman–Crippen MR) is 75.2 cm³/mol. The van der Waals surface area contributed by atoms with Crippen molar-refractivity contribution in [3.8, 4) is 5.69 Å². The van der Waals surface area contributed by atoms with Crippen LogP contribution in [-0.2, 0) is 6.42 Å². The average Bonchev–Trinajstić information content (AvgIpc) is 2.90. The normalized spacial score (nSPS) is 10.8. The first-order chi connectivity index (χ1) is 9.72. The number of fused-ring (bicyclic) bond motifs is 1. The molecule has 0 bridgehead atoms. The highest BCUT2D eigenvalue weighted by Crippen LogP contribution is 2.23. The quantitative estimate of drug-likeness (QED) is 0.792. The van der Waals surface area contributed by atoms with Crippen LogP contribution in [0.1, 0.15) is 23.0 Å². The number of aromatic nitrogens is 3. The summed E-state index contributed by atoms with van der Waals surface area (Å²) in [6, 6.07) is 9.55. The molecule has 0 amide bonds. The van der Waals surface area contributed by atoms with Gasteiger partial charge in [0.2, 0.25) is 0 Å². The molecule has 0 saturated carbocycles. The second kappa shape index (κ2) is 4.77. The average molecular weight is 267 g/mol. The van der Waals surface area contributed by atoms with Crippen LogP contribution in [-0.4, -0.2) is 25.8 Å². The molecule has 0 spiro atoms. The van der Waals surface area contributed by atoms with Crippen molar-refractivity contribution in [2.24, 2.45) is 0 Å². The van der Waals surface area contributed by atoms with Gasteiger partial charge in [-0.25, -0.2) is 9.48 Å². The molecule has 0 fully saturated rings. The second-order valence-electron chi connectivity index (χ2n) is 4.42. The molecule has 0 aliphatic carbocycles. The van der Waals surface area contributed by atoms with Gasteiger partial charge in [-0.15, -0.1) is 0 Å². The molecule has 2 aromatic heterocycles. The molecule has 20 heavy (non-hydrogen) atoms. The van der Waals surface area contributed by atoms with Gasteiger partial charge in [-0.3, -0.25) is 4.98 Å². The van der Waals surface area contributed by atoms with E-state index >= 15 is 0 Å². The first-order valence-electron chi connectivity index (χ1n) is 6.36. The zero-order chi connectivity index (χ0) is 14.1. The lowest BCUT2D eigenvalue weighted by molar-refractivity contribution is 0.0695. The van der Waals surface area contributed by atoms with Crippen molar-refractivity contribution in [3.05, 3.63) is 54.0 Å². The van der Waals surface area contributed by atoms with Crippen LogP contribution < -0.4 is 0 Å². The standard InChI is InChI=1S/C15H13N3O2/c1-2-13-11(15(19)20)9-17-18(13)14-7-3-6-12-10(14)5-4-8-16-12/h3-9H,2H2,1H3,(H,19,20). The molecule has 1 aromatic carbocycles. The van der Waals surface area contributed by atoms with Crippen molar-refractivity contribution in [1.82, 2.24) is 14.8 Å². The molecule has 3 aromatic rings. The highest BCUT2D eigenvalue weighted by atomic mass is 16.4. The third-order valence-corrected chi connectivity index (χ3v) is 3.29. The summed E-state index contributed by atoms with van der Waals surface area (Å²) < 4.78 is 1.69. The van der Waals surface area contributed by atoms with Gasteiger partial charge in [0.15, 0.2) is 0 Å². The van der Waals surface area contributed by atoms with Crippen LogP contribution in [0.2, 0.25) is 0 Å². The lowest BCUT2D eigenvalue weighted by Crippen LogP contribution is -2.06. The minimum absolute atomic E-state index is 0.244. The Kier molecular flexibility index (Phi) is 2.95. The Morgan fingerprint density at radius 3 is 2.90 bits per heavy atom. The number of carbonyl (C=O) groups is 1. The van der Waals surface area contributed by atoms with Gasteiger partial charge in [0.25, 0.3) is 0 Å². The topological polar surface area (TPSA) is 68.0 Å². The maximum Gasteiger partial charge on any atom is 0.339 e. The van der Waals surface area contributed by atoms with Gasteiger partial charge in [0, 0.05) is 11.6 Å². The van der Waals surface area contributed by atoms with E-state index in [1.165, 1.54) is 6.20 Å². The fourth-order valence-electron chi connectivity index (χ4n) is 2.37. The lowest BCUT2D eigenvalue weighted by atomic mass is 10.1. The third-order valence-electron chi connectivity index (χ3n) is 3.29. The molecule has 0 radical (unpaired) electrons. The number of benzene rings is 1. The molecule has 1 N–H and O–H groups in total. The van der Waals surface area contributed by atoms with E-state index in [9.17, 15) is 9.90 Å². The van der Waals surface area contributed by atoms with Gasteiger partial charge in [-0.05, 0) is 30.7 Å². The highest BCUT2D eigenvalue weighted by molar-refractivity contribution is 5.90. The first kappa shape index (κ1) is 12.3. The molecule has 100 valence electrons. The summed E-state index contributed by atoms with van der Waals surface area (Å²) in [5, 5.41) is 14.4. The van der Waals surface area contributed by atoms with Gasteiger partial charge < -0.3 is 5.11 Å². The van der Waals surface area contributed by atoms with Gasteiger partial charge in [0.1, 0.15) is 5.56 Å². The highest BCUT2D eigenvalue weighted by Gasteiger charge is 2.17. The first-order valence-corrected chi connectivity index (χ1v) is 6.36. The van der Waals surface area contributed by atoms with Crippen molar-refractivity contribution in [1.29, 1.82) is 0 Å². The van der Waals surface area contributed by atoms with Gasteiger partial charge in [0.05, 0.1) is 23.1 Å². The maximum atomic E-state index is 11.2. The zero-order valence-corrected chi connectivity index (χ0v) is 10.9. The number of carboxylic acids is 1. The van der Waals surface area contributed by atoms with E-state index in [-0.39, 0.29) is 5.56 Å². The molecular weight excluding hydrogens is 254 g/mol. The number of carboxylic acid groups (broad SMARTS) is 1. The van der Waals surface area contributed by atoms with Crippen LogP contribution >= 0.6 is 0 Å². The van der Waals surface area contributed by atoms with Gasteiger partial charge in [-0.2, -0.15) is 5.10 Å². The SMILES string of the molecule is CCc1c(C(=O)O)cnn1-c1cccc2ncccc12. The summed E-state index contributed by atoms with van der Waals surface area (Å²) in [4.78, 5) is 15.5. The summed E-state index contributed by atoms with van der Waals surface area (Å²) >= 11 is 0. The van der Waals surface area contributed by atoms with E-state index < -0.39 is 5.97 Å². The molecule has 0 atom stereocenters. The number of hydrogen-bond acceptors (Lipinski definition) is 3. The van der Waals surface area contributed by atoms with Crippen LogP contribution in [0.25, 0.3) is 16.6 Å². The van der Waals surface area contributed by atoms with Gasteiger partial charge in [-0.1, -0.05) is 13.0 Å². The number of pyridine rings is 1. The Labute approximate surface area is 115 Å². The summed E-state index contributed by atoms with van der Waals surface area (Å²) in [6.45, 7) is 1.92. The maximum absolute atomic E-state index is 11.2. The molecule has 0 aliphatic heterocycles. The van der Waals surface area contributed by atoms with Crippen LogP contribution in [0, 0.1) is 0 Å². The van der Waals surface area contributed by atoms with Crippen molar-refractivity contribution >= 4 is 16.9 Å². The smallest absolute Gasteiger partial charge is 0.339 e. The molecule has 2 heterocycles. The largest absolute Gasteiger partial charge is 0.478 e. The minimum Gasteiger partial charge on any atom is -0.478 e. The predicted octanol–water partition coefficient (Wildman–Crippen LogP) is 2.68. The fourth-order valence-corrected chi connectivity index (χ4v) is 2.37. The number of rotatable bonds is 3. The number of aromatic carboxylic acids is 1. The third kappa shape index (κ3) is 1.84. The van der Waals surface area contributed by atoms with Crippen LogP contribution in [0.3, 0.4) is 0 Å². The summed E-state index contributed by atoms with van der Waals surface area (Å²) in [6.07, 6.45) is 3.73. The summed E-state index contributed by atoms with van der Waals surface area (Å²) in [5.74, 6) is -0.952. The number of hydrogen-bond donors (Lipinski definition) is 1. The molecule has 0 saturated heterocycles. The van der Waals surface area contributed by atoms with E-state index in [2.05, 4.69) is 10.1 Å². The van der Waals surface area contributed by atoms with E-state index in [0.29, 0.717) is 12.1 Å². The zero-order valence-electron chi connectivity index (χ0n) is 10.9. The van der Waals surface area contributed by atoms with Crippen LogP contribution in [0.5, 0.6) is 0 Å². The fraction of sp³-hybridized carbons (Fsp3) is 0.133. The molecule has 0 aliphatic rings. The van der Waals surface area contributed by atoms with E-state index in [1.54, 1.807) is 10.9 Å². The van der Waals surface area contributed by atoms with Gasteiger partial charge >= 0.3 is 5.97 Å². The molecule has 3 rings (SSSR count). The Balaban J connectivity index is 2.29. The Morgan fingerprint density at radius 1 is 1.30 bits per heavy atom. The lowest BCUT2D eigenvalue weighted by Gasteiger charge is -2.09. The van der Waals surface area contributed by atoms with Crippen molar-refractivity contribution < 1.29 is 9.90 Å². The number of nitrogens with zero attached hydrogens (tertiary/aromatic N) is 3. The van der Waals surface area contributed by atoms with Crippen LogP contribution in [0.4, 0.5) is 0 Å². The van der Waals surface area contributed by atoms with Crippen molar-refractivity contribution in [2.45, 2.75) is 13.3 Å². The Hall–Kier alpha value is -2.69. The second-order valence-corrected chi connectivity index (χ2v) is 4.42. The van der Waals surface area contributed by atoms with E-state index in [4.69, 9.17) is 0 Å². The van der Waals surface area contributed by atoms with Crippen molar-refractivity contribution in [2.75, 3.05) is 0 Å². The molecular formula is C15H13N3O2. The molecule has 5 heteroatoms. The molecule has 0 unspecified atom stereocenters. The monoisotopic (exact) mass is 267 g/mol.